The number of carbonyl (C=O) groups is 2. The molecule has 4 nitrogen and oxygen atoms in total. The van der Waals surface area contributed by atoms with Crippen molar-refractivity contribution in [3.63, 3.8) is 0 Å². The molecule has 0 aromatic heterocycles. The Labute approximate surface area is 183 Å². The molecule has 2 aromatic rings. The van der Waals surface area contributed by atoms with E-state index in [9.17, 15) is 9.59 Å². The van der Waals surface area contributed by atoms with Gasteiger partial charge >= 0.3 is 11.9 Å². The molecule has 0 aliphatic carbocycles. The second-order valence-corrected chi connectivity index (χ2v) is 20.5. The van der Waals surface area contributed by atoms with Gasteiger partial charge in [0.1, 0.15) is 0 Å². The highest BCUT2D eigenvalue weighted by atomic mass is 28.4. The smallest absolute Gasteiger partial charge is 0.325 e. The number of rotatable bonds is 4. The first kappa shape index (κ1) is 24.3. The first-order chi connectivity index (χ1) is 13.5. The molecular formula is C24H36O4Si2. The molecule has 0 radical (unpaired) electrons. The van der Waals surface area contributed by atoms with Gasteiger partial charge in [0.25, 0.3) is 16.6 Å². The van der Waals surface area contributed by atoms with Crippen LogP contribution in [0.5, 0.6) is 0 Å². The molecule has 0 N–H and O–H groups in total. The third kappa shape index (κ3) is 5.03. The van der Waals surface area contributed by atoms with Crippen LogP contribution in [0, 0.1) is 0 Å². The van der Waals surface area contributed by atoms with Crippen LogP contribution in [0.4, 0.5) is 0 Å². The number of hydrogen-bond acceptors (Lipinski definition) is 4. The Balaban J connectivity index is 2.55. The van der Waals surface area contributed by atoms with Gasteiger partial charge in [-0.25, -0.2) is 9.59 Å². The van der Waals surface area contributed by atoms with Crippen LogP contribution in [0.2, 0.25) is 36.3 Å². The minimum Gasteiger partial charge on any atom is -0.516 e. The first-order valence-electron chi connectivity index (χ1n) is 10.5. The van der Waals surface area contributed by atoms with Crippen LogP contribution >= 0.6 is 0 Å². The van der Waals surface area contributed by atoms with Crippen molar-refractivity contribution in [1.29, 1.82) is 0 Å². The molecule has 0 amide bonds. The lowest BCUT2D eigenvalue weighted by atomic mass is 10.0. The van der Waals surface area contributed by atoms with E-state index in [1.165, 1.54) is 0 Å². The Hall–Kier alpha value is -1.93. The zero-order chi connectivity index (χ0) is 23.1. The minimum absolute atomic E-state index is 0.124. The number of carbonyl (C=O) groups excluding carboxylic acids is 2. The SMILES string of the molecule is CC(C)(C)[Si](C)(C)OC(=O)c1cc2ccccc2cc1C(=O)O[Si](C)(C)C(C)(C)C. The van der Waals surface area contributed by atoms with Crippen molar-refractivity contribution < 1.29 is 18.4 Å². The zero-order valence-electron chi connectivity index (χ0n) is 20.1. The summed E-state index contributed by atoms with van der Waals surface area (Å²) >= 11 is 0. The van der Waals surface area contributed by atoms with Crippen molar-refractivity contribution in [2.75, 3.05) is 0 Å². The molecule has 0 saturated heterocycles. The van der Waals surface area contributed by atoms with Gasteiger partial charge in [-0.15, -0.1) is 0 Å². The Bertz CT molecular complexity index is 885. The molecule has 6 heteroatoms. The molecule has 0 spiro atoms. The van der Waals surface area contributed by atoms with Crippen LogP contribution in [-0.4, -0.2) is 28.6 Å². The lowest BCUT2D eigenvalue weighted by Gasteiger charge is -2.36. The maximum Gasteiger partial charge on any atom is 0.325 e. The van der Waals surface area contributed by atoms with E-state index in [2.05, 4.69) is 41.5 Å². The van der Waals surface area contributed by atoms with Gasteiger partial charge in [-0.3, -0.25) is 0 Å². The Morgan fingerprint density at radius 1 is 0.667 bits per heavy atom. The summed E-state index contributed by atoms with van der Waals surface area (Å²) in [6.45, 7) is 20.6. The molecule has 0 fully saturated rings. The highest BCUT2D eigenvalue weighted by molar-refractivity contribution is 6.76. The molecule has 0 saturated carbocycles. The van der Waals surface area contributed by atoms with Gasteiger partial charge in [0.15, 0.2) is 0 Å². The average Bonchev–Trinajstić information content (AvgIpc) is 2.57. The predicted octanol–water partition coefficient (Wildman–Crippen LogP) is 7.16. The molecule has 164 valence electrons. The number of fused-ring (bicyclic) bond motifs is 1. The van der Waals surface area contributed by atoms with Crippen LogP contribution in [0.3, 0.4) is 0 Å². The number of benzene rings is 2. The molecule has 2 rings (SSSR count). The fourth-order valence-corrected chi connectivity index (χ4v) is 4.22. The summed E-state index contributed by atoms with van der Waals surface area (Å²) in [6, 6.07) is 11.2. The van der Waals surface area contributed by atoms with Gasteiger partial charge in [0, 0.05) is 0 Å². The van der Waals surface area contributed by atoms with E-state index in [4.69, 9.17) is 8.85 Å². The van der Waals surface area contributed by atoms with Crippen molar-refractivity contribution in [2.24, 2.45) is 0 Å². The Morgan fingerprint density at radius 3 is 1.23 bits per heavy atom. The summed E-state index contributed by atoms with van der Waals surface area (Å²) in [4.78, 5) is 26.5. The van der Waals surface area contributed by atoms with E-state index >= 15 is 0 Å². The summed E-state index contributed by atoms with van der Waals surface area (Å²) in [6.07, 6.45) is 0. The van der Waals surface area contributed by atoms with E-state index in [1.807, 2.05) is 50.5 Å². The molecular weight excluding hydrogens is 408 g/mol. The van der Waals surface area contributed by atoms with Gasteiger partial charge in [0.05, 0.1) is 11.1 Å². The fraction of sp³-hybridized carbons (Fsp3) is 0.500. The topological polar surface area (TPSA) is 52.6 Å². The molecule has 0 unspecified atom stereocenters. The molecule has 2 aromatic carbocycles. The van der Waals surface area contributed by atoms with Crippen molar-refractivity contribution in [1.82, 2.24) is 0 Å². The summed E-state index contributed by atoms with van der Waals surface area (Å²) in [5, 5.41) is 1.54. The van der Waals surface area contributed by atoms with Gasteiger partial charge < -0.3 is 8.85 Å². The Morgan fingerprint density at radius 2 is 0.967 bits per heavy atom. The van der Waals surface area contributed by atoms with E-state index < -0.39 is 28.6 Å². The highest BCUT2D eigenvalue weighted by Gasteiger charge is 2.43. The molecule has 0 bridgehead atoms. The van der Waals surface area contributed by atoms with Crippen molar-refractivity contribution in [3.8, 4) is 0 Å². The molecule has 0 atom stereocenters. The van der Waals surface area contributed by atoms with Crippen LogP contribution < -0.4 is 0 Å². The monoisotopic (exact) mass is 444 g/mol. The zero-order valence-corrected chi connectivity index (χ0v) is 22.1. The molecule has 0 aliphatic heterocycles. The van der Waals surface area contributed by atoms with Crippen LogP contribution in [0.1, 0.15) is 62.3 Å². The summed E-state index contributed by atoms with van der Waals surface area (Å²) in [5.41, 5.74) is 0.560. The summed E-state index contributed by atoms with van der Waals surface area (Å²) < 4.78 is 12.1. The normalized spacial score (nSPS) is 13.3. The maximum atomic E-state index is 13.3. The Kier molecular flexibility index (Phi) is 6.46. The highest BCUT2D eigenvalue weighted by Crippen LogP contribution is 2.39. The van der Waals surface area contributed by atoms with E-state index in [-0.39, 0.29) is 21.2 Å². The van der Waals surface area contributed by atoms with Crippen LogP contribution in [0.15, 0.2) is 36.4 Å². The lowest BCUT2D eigenvalue weighted by molar-refractivity contribution is 0.0669. The summed E-state index contributed by atoms with van der Waals surface area (Å²) in [5.74, 6) is -0.899. The van der Waals surface area contributed by atoms with Gasteiger partial charge in [-0.05, 0) is 59.2 Å². The second-order valence-electron chi connectivity index (χ2n) is 11.0. The van der Waals surface area contributed by atoms with E-state index in [0.29, 0.717) is 0 Å². The summed E-state index contributed by atoms with van der Waals surface area (Å²) in [7, 11) is -4.69. The third-order valence-corrected chi connectivity index (χ3v) is 15.2. The maximum absolute atomic E-state index is 13.3. The van der Waals surface area contributed by atoms with Crippen molar-refractivity contribution >= 4 is 39.3 Å². The standard InChI is InChI=1S/C24H36O4Si2/c1-23(2,3)29(7,8)27-21(25)19-15-17-13-11-12-14-18(17)16-20(19)22(26)28-30(9,10)24(4,5)6/h11-16H,1-10H3. The fourth-order valence-electron chi connectivity index (χ4n) is 2.46. The lowest BCUT2D eigenvalue weighted by Crippen LogP contribution is -2.44. The number of hydrogen-bond donors (Lipinski definition) is 0. The van der Waals surface area contributed by atoms with Crippen molar-refractivity contribution in [2.45, 2.75) is 77.8 Å². The van der Waals surface area contributed by atoms with Gasteiger partial charge in [0.2, 0.25) is 0 Å². The predicted molar refractivity (Wildman–Crippen MR) is 129 cm³/mol. The first-order valence-corrected chi connectivity index (χ1v) is 16.3. The third-order valence-electron chi connectivity index (χ3n) is 6.63. The van der Waals surface area contributed by atoms with E-state index in [0.717, 1.165) is 10.8 Å². The van der Waals surface area contributed by atoms with Crippen LogP contribution in [0.25, 0.3) is 10.8 Å². The second kappa shape index (κ2) is 7.96. The largest absolute Gasteiger partial charge is 0.516 e. The molecule has 0 heterocycles. The van der Waals surface area contributed by atoms with E-state index in [1.54, 1.807) is 12.1 Å². The van der Waals surface area contributed by atoms with Crippen molar-refractivity contribution in [3.05, 3.63) is 47.5 Å². The quantitative estimate of drug-likeness (QED) is 0.469. The molecule has 0 aliphatic rings. The van der Waals surface area contributed by atoms with Gasteiger partial charge in [-0.1, -0.05) is 65.8 Å². The molecule has 30 heavy (non-hydrogen) atoms. The van der Waals surface area contributed by atoms with Gasteiger partial charge in [-0.2, -0.15) is 0 Å². The minimum atomic E-state index is -2.35. The van der Waals surface area contributed by atoms with Crippen LogP contribution in [-0.2, 0) is 8.85 Å². The average molecular weight is 445 g/mol.